The Labute approximate surface area is 207 Å². The lowest BCUT2D eigenvalue weighted by molar-refractivity contribution is -0.118. The first-order valence-electron chi connectivity index (χ1n) is 10.8. The molecule has 2 aromatic carbocycles. The number of para-hydroxylation sites is 1. The van der Waals surface area contributed by atoms with Crippen molar-refractivity contribution in [2.45, 2.75) is 32.7 Å². The van der Waals surface area contributed by atoms with Crippen molar-refractivity contribution in [3.63, 3.8) is 0 Å². The summed E-state index contributed by atoms with van der Waals surface area (Å²) >= 11 is 0. The molecule has 8 heteroatoms. The van der Waals surface area contributed by atoms with Crippen LogP contribution < -0.4 is 25.0 Å². The van der Waals surface area contributed by atoms with E-state index in [-0.39, 0.29) is 29.9 Å². The number of fused-ring (bicyclic) bond motifs is 1. The second-order valence-corrected chi connectivity index (χ2v) is 7.33. The van der Waals surface area contributed by atoms with Crippen LogP contribution in [0.15, 0.2) is 47.5 Å². The fraction of sp³-hybridized carbons (Fsp3) is 0.417. The molecule has 32 heavy (non-hydrogen) atoms. The van der Waals surface area contributed by atoms with Crippen LogP contribution in [0.5, 0.6) is 11.5 Å². The number of benzene rings is 2. The highest BCUT2D eigenvalue weighted by Crippen LogP contribution is 2.28. The maximum atomic E-state index is 12.6. The number of ether oxygens (including phenoxy) is 2. The van der Waals surface area contributed by atoms with E-state index in [9.17, 15) is 4.79 Å². The van der Waals surface area contributed by atoms with E-state index < -0.39 is 0 Å². The molecule has 0 unspecified atom stereocenters. The monoisotopic (exact) mass is 552 g/mol. The number of aliphatic imine (C=N–C) groups is 1. The van der Waals surface area contributed by atoms with Gasteiger partial charge in [0, 0.05) is 43.4 Å². The highest BCUT2D eigenvalue weighted by Gasteiger charge is 2.23. The molecule has 0 spiro atoms. The Hall–Kier alpha value is -2.49. The lowest BCUT2D eigenvalue weighted by Gasteiger charge is -2.17. The van der Waals surface area contributed by atoms with E-state index in [2.05, 4.69) is 21.7 Å². The molecule has 1 heterocycles. The molecule has 0 aromatic heterocycles. The molecule has 0 fully saturated rings. The Balaban J connectivity index is 0.00000363. The molecule has 2 aromatic rings. The first-order chi connectivity index (χ1) is 15.2. The number of rotatable bonds is 9. The topological polar surface area (TPSA) is 75.2 Å². The number of anilines is 1. The second-order valence-electron chi connectivity index (χ2n) is 7.33. The average Bonchev–Trinajstić information content (AvgIpc) is 3.24. The predicted octanol–water partition coefficient (Wildman–Crippen LogP) is 3.75. The van der Waals surface area contributed by atoms with Gasteiger partial charge in [-0.05, 0) is 43.5 Å². The maximum absolute atomic E-state index is 12.6. The lowest BCUT2D eigenvalue weighted by Crippen LogP contribution is -2.38. The van der Waals surface area contributed by atoms with Crippen LogP contribution >= 0.6 is 24.0 Å². The molecule has 0 atom stereocenters. The van der Waals surface area contributed by atoms with E-state index in [1.54, 1.807) is 14.2 Å². The average molecular weight is 552 g/mol. The Morgan fingerprint density at radius 2 is 1.94 bits per heavy atom. The third-order valence-electron chi connectivity index (χ3n) is 5.29. The summed E-state index contributed by atoms with van der Waals surface area (Å²) in [5, 5.41) is 6.57. The summed E-state index contributed by atoms with van der Waals surface area (Å²) in [6, 6.07) is 13.9. The number of nitrogens with one attached hydrogen (secondary N) is 2. The van der Waals surface area contributed by atoms with Gasteiger partial charge in [0.2, 0.25) is 5.91 Å². The highest BCUT2D eigenvalue weighted by molar-refractivity contribution is 14.0. The second kappa shape index (κ2) is 13.1. The van der Waals surface area contributed by atoms with Gasteiger partial charge in [-0.1, -0.05) is 18.2 Å². The summed E-state index contributed by atoms with van der Waals surface area (Å²) in [5.74, 6) is 2.39. The van der Waals surface area contributed by atoms with Crippen LogP contribution in [0.4, 0.5) is 5.69 Å². The van der Waals surface area contributed by atoms with Gasteiger partial charge in [-0.2, -0.15) is 0 Å². The van der Waals surface area contributed by atoms with Crippen molar-refractivity contribution in [1.82, 2.24) is 10.6 Å². The Morgan fingerprint density at radius 1 is 1.12 bits per heavy atom. The first kappa shape index (κ1) is 25.8. The molecule has 0 bridgehead atoms. The quantitative estimate of drug-likeness (QED) is 0.215. The molecular weight excluding hydrogens is 519 g/mol. The van der Waals surface area contributed by atoms with Crippen LogP contribution in [0.25, 0.3) is 0 Å². The fourth-order valence-electron chi connectivity index (χ4n) is 3.67. The highest BCUT2D eigenvalue weighted by atomic mass is 127. The van der Waals surface area contributed by atoms with Gasteiger partial charge in [-0.15, -0.1) is 24.0 Å². The number of hydrogen-bond acceptors (Lipinski definition) is 4. The van der Waals surface area contributed by atoms with Gasteiger partial charge < -0.3 is 25.0 Å². The molecule has 7 nitrogen and oxygen atoms in total. The van der Waals surface area contributed by atoms with Crippen molar-refractivity contribution in [3.8, 4) is 11.5 Å². The Bertz CT molecular complexity index is 920. The van der Waals surface area contributed by atoms with E-state index in [1.807, 2.05) is 48.2 Å². The number of carbonyl (C=O) groups is 1. The van der Waals surface area contributed by atoms with Gasteiger partial charge >= 0.3 is 0 Å². The first-order valence-corrected chi connectivity index (χ1v) is 10.8. The molecule has 2 N–H and O–H groups in total. The van der Waals surface area contributed by atoms with Crippen LogP contribution in [0.3, 0.4) is 0 Å². The molecular formula is C24H33IN4O3. The molecule has 1 amide bonds. The van der Waals surface area contributed by atoms with Gasteiger partial charge in [0.25, 0.3) is 0 Å². The van der Waals surface area contributed by atoms with E-state index in [1.165, 1.54) is 5.56 Å². The Morgan fingerprint density at radius 3 is 2.69 bits per heavy atom. The minimum Gasteiger partial charge on any atom is -0.497 e. The van der Waals surface area contributed by atoms with Crippen LogP contribution in [-0.4, -0.2) is 45.7 Å². The zero-order chi connectivity index (χ0) is 22.1. The molecule has 0 saturated heterocycles. The fourth-order valence-corrected chi connectivity index (χ4v) is 3.67. The summed E-state index contributed by atoms with van der Waals surface area (Å²) in [6.45, 7) is 4.72. The van der Waals surface area contributed by atoms with E-state index in [4.69, 9.17) is 9.47 Å². The van der Waals surface area contributed by atoms with Gasteiger partial charge in [0.05, 0.1) is 20.8 Å². The smallest absolute Gasteiger partial charge is 0.227 e. The van der Waals surface area contributed by atoms with E-state index >= 15 is 0 Å². The SMILES string of the molecule is CCNC(=NCc1ccc(OC)cc1OC)NCCCC(=O)N1CCc2ccccc21.I. The third-order valence-corrected chi connectivity index (χ3v) is 5.29. The largest absolute Gasteiger partial charge is 0.497 e. The minimum absolute atomic E-state index is 0. The molecule has 1 aliphatic rings. The molecule has 0 radical (unpaired) electrons. The van der Waals surface area contributed by atoms with Crippen molar-refractivity contribution in [1.29, 1.82) is 0 Å². The van der Waals surface area contributed by atoms with Crippen molar-refractivity contribution in [3.05, 3.63) is 53.6 Å². The number of amides is 1. The van der Waals surface area contributed by atoms with Crippen LogP contribution in [-0.2, 0) is 17.8 Å². The van der Waals surface area contributed by atoms with Crippen molar-refractivity contribution >= 4 is 41.5 Å². The Kier molecular flexibility index (Phi) is 10.6. The van der Waals surface area contributed by atoms with Crippen molar-refractivity contribution < 1.29 is 14.3 Å². The summed E-state index contributed by atoms with van der Waals surface area (Å²) in [7, 11) is 3.27. The zero-order valence-corrected chi connectivity index (χ0v) is 21.3. The lowest BCUT2D eigenvalue weighted by atomic mass is 10.2. The summed E-state index contributed by atoms with van der Waals surface area (Å²) in [6.07, 6.45) is 2.19. The maximum Gasteiger partial charge on any atom is 0.227 e. The number of guanidine groups is 1. The summed E-state index contributed by atoms with van der Waals surface area (Å²) < 4.78 is 10.7. The standard InChI is InChI=1S/C24H32N4O3.HI/c1-4-25-24(27-17-19-11-12-20(30-2)16-22(19)31-3)26-14-7-10-23(29)28-15-13-18-8-5-6-9-21(18)28;/h5-6,8-9,11-12,16H,4,7,10,13-15,17H2,1-3H3,(H2,25,26,27);1H. The van der Waals surface area contributed by atoms with Crippen LogP contribution in [0.1, 0.15) is 30.9 Å². The number of methoxy groups -OCH3 is 2. The molecule has 0 aliphatic carbocycles. The number of hydrogen-bond donors (Lipinski definition) is 2. The van der Waals surface area contributed by atoms with Gasteiger partial charge in [-0.3, -0.25) is 4.79 Å². The molecule has 174 valence electrons. The van der Waals surface area contributed by atoms with Crippen molar-refractivity contribution in [2.75, 3.05) is 38.8 Å². The normalized spacial score (nSPS) is 12.6. The van der Waals surface area contributed by atoms with Crippen LogP contribution in [0, 0.1) is 0 Å². The number of carbonyl (C=O) groups excluding carboxylic acids is 1. The summed E-state index contributed by atoms with van der Waals surface area (Å²) in [5.41, 5.74) is 3.29. The van der Waals surface area contributed by atoms with Gasteiger partial charge in [0.1, 0.15) is 11.5 Å². The zero-order valence-electron chi connectivity index (χ0n) is 19.0. The third kappa shape index (κ3) is 6.75. The minimum atomic E-state index is 0. The van der Waals surface area contributed by atoms with Crippen molar-refractivity contribution in [2.24, 2.45) is 4.99 Å². The van der Waals surface area contributed by atoms with Crippen LogP contribution in [0.2, 0.25) is 0 Å². The van der Waals surface area contributed by atoms with E-state index in [0.29, 0.717) is 19.5 Å². The van der Waals surface area contributed by atoms with Gasteiger partial charge in [-0.25, -0.2) is 4.99 Å². The molecule has 1 aliphatic heterocycles. The summed E-state index contributed by atoms with van der Waals surface area (Å²) in [4.78, 5) is 19.2. The van der Waals surface area contributed by atoms with Gasteiger partial charge in [0.15, 0.2) is 5.96 Å². The van der Waals surface area contributed by atoms with E-state index in [0.717, 1.165) is 54.6 Å². The predicted molar refractivity (Wildman–Crippen MR) is 140 cm³/mol. The number of nitrogens with zero attached hydrogens (tertiary/aromatic N) is 2. The molecule has 3 rings (SSSR count). The molecule has 0 saturated carbocycles. The number of halogens is 1.